The van der Waals surface area contributed by atoms with E-state index < -0.39 is 47.7 Å². The van der Waals surface area contributed by atoms with Crippen molar-refractivity contribution in [3.05, 3.63) is 73.1 Å². The number of rotatable bonds is 5. The highest BCUT2D eigenvalue weighted by Gasteiger charge is 2.37. The minimum absolute atomic E-state index is 0.215. The van der Waals surface area contributed by atoms with E-state index in [0.717, 1.165) is 12.1 Å². The molecule has 0 radical (unpaired) electrons. The van der Waals surface area contributed by atoms with Crippen molar-refractivity contribution in [1.82, 2.24) is 4.98 Å². The molecule has 0 amide bonds. The van der Waals surface area contributed by atoms with Crippen LogP contribution in [0, 0.1) is 23.3 Å². The lowest BCUT2D eigenvalue weighted by molar-refractivity contribution is 0.512. The first-order valence-corrected chi connectivity index (χ1v) is 13.8. The highest BCUT2D eigenvalue weighted by Crippen LogP contribution is 2.37. The molecule has 0 atom stereocenters. The van der Waals surface area contributed by atoms with Crippen LogP contribution in [-0.4, -0.2) is 31.7 Å². The number of benzene rings is 2. The third-order valence-electron chi connectivity index (χ3n) is 5.35. The topological polar surface area (TPSA) is 50.3 Å². The minimum atomic E-state index is -4.12. The fourth-order valence-electron chi connectivity index (χ4n) is 3.77. The standard InChI is InChI=1S/C21H16Br2F4N2O2S2/c22-16-9-17(26)18(23)20(19(16)27)33(30,31)15-1-3-29(4-2-15)21-28-14(10-32-21)7-11-5-12(24)8-13(25)6-11/h5-6,8-10,15H,1-4,7H2. The van der Waals surface area contributed by atoms with Crippen molar-refractivity contribution >= 4 is 58.2 Å². The average molecular weight is 628 g/mol. The summed E-state index contributed by atoms with van der Waals surface area (Å²) >= 11 is 7.09. The molecule has 2 aromatic carbocycles. The van der Waals surface area contributed by atoms with Crippen LogP contribution in [0.5, 0.6) is 0 Å². The lowest BCUT2D eigenvalue weighted by atomic mass is 10.1. The smallest absolute Gasteiger partial charge is 0.185 e. The van der Waals surface area contributed by atoms with E-state index in [1.165, 1.54) is 23.5 Å². The first kappa shape index (κ1) is 24.6. The second-order valence-electron chi connectivity index (χ2n) is 7.60. The van der Waals surface area contributed by atoms with Crippen LogP contribution in [0.1, 0.15) is 24.1 Å². The van der Waals surface area contributed by atoms with Crippen LogP contribution in [0.3, 0.4) is 0 Å². The Balaban J connectivity index is 1.47. The zero-order valence-electron chi connectivity index (χ0n) is 16.8. The van der Waals surface area contributed by atoms with Crippen molar-refractivity contribution in [3.8, 4) is 0 Å². The van der Waals surface area contributed by atoms with Crippen LogP contribution in [0.25, 0.3) is 0 Å². The largest absolute Gasteiger partial charge is 0.348 e. The van der Waals surface area contributed by atoms with Crippen molar-refractivity contribution in [1.29, 1.82) is 0 Å². The molecule has 1 saturated heterocycles. The zero-order chi connectivity index (χ0) is 23.9. The molecule has 1 aliphatic rings. The number of hydrogen-bond donors (Lipinski definition) is 0. The minimum Gasteiger partial charge on any atom is -0.348 e. The highest BCUT2D eigenvalue weighted by atomic mass is 79.9. The number of nitrogens with zero attached hydrogens (tertiary/aromatic N) is 2. The van der Waals surface area contributed by atoms with Gasteiger partial charge >= 0.3 is 0 Å². The number of hydrogen-bond acceptors (Lipinski definition) is 5. The molecule has 0 bridgehead atoms. The molecule has 4 rings (SSSR count). The highest BCUT2D eigenvalue weighted by molar-refractivity contribution is 9.11. The number of thiazole rings is 1. The molecule has 0 N–H and O–H groups in total. The molecule has 12 heteroatoms. The van der Waals surface area contributed by atoms with Crippen LogP contribution in [0.4, 0.5) is 22.7 Å². The van der Waals surface area contributed by atoms with Crippen molar-refractivity contribution in [2.75, 3.05) is 18.0 Å². The Morgan fingerprint density at radius 2 is 1.67 bits per heavy atom. The van der Waals surface area contributed by atoms with Crippen molar-refractivity contribution < 1.29 is 26.0 Å². The summed E-state index contributed by atoms with van der Waals surface area (Å²) in [6.07, 6.45) is 0.691. The summed E-state index contributed by atoms with van der Waals surface area (Å²) in [4.78, 5) is 5.75. The van der Waals surface area contributed by atoms with E-state index in [0.29, 0.717) is 29.5 Å². The quantitative estimate of drug-likeness (QED) is 0.248. The summed E-state index contributed by atoms with van der Waals surface area (Å²) < 4.78 is 80.9. The lowest BCUT2D eigenvalue weighted by Gasteiger charge is -2.31. The molecule has 0 aliphatic carbocycles. The van der Waals surface area contributed by atoms with Crippen molar-refractivity contribution in [3.63, 3.8) is 0 Å². The molecule has 1 aromatic heterocycles. The molecule has 4 nitrogen and oxygen atoms in total. The number of aromatic nitrogens is 1. The number of piperidine rings is 1. The van der Waals surface area contributed by atoms with Crippen LogP contribution < -0.4 is 4.90 Å². The Bertz CT molecular complexity index is 1260. The van der Waals surface area contributed by atoms with Gasteiger partial charge in [-0.2, -0.15) is 0 Å². The van der Waals surface area contributed by atoms with Gasteiger partial charge in [-0.3, -0.25) is 0 Å². The van der Waals surface area contributed by atoms with E-state index in [1.807, 2.05) is 4.90 Å². The van der Waals surface area contributed by atoms with Gasteiger partial charge in [0.25, 0.3) is 0 Å². The van der Waals surface area contributed by atoms with Gasteiger partial charge in [0, 0.05) is 31.0 Å². The van der Waals surface area contributed by atoms with Gasteiger partial charge in [0.2, 0.25) is 0 Å². The van der Waals surface area contributed by atoms with Crippen LogP contribution in [0.2, 0.25) is 0 Å². The Hall–Kier alpha value is -1.50. The Morgan fingerprint density at radius 1 is 1.03 bits per heavy atom. The Labute approximate surface area is 208 Å². The molecule has 0 unspecified atom stereocenters. The van der Waals surface area contributed by atoms with E-state index in [4.69, 9.17) is 0 Å². The second kappa shape index (κ2) is 9.63. The summed E-state index contributed by atoms with van der Waals surface area (Å²) in [5.41, 5.74) is 1.10. The van der Waals surface area contributed by atoms with Gasteiger partial charge in [-0.25, -0.2) is 31.0 Å². The third-order valence-corrected chi connectivity index (χ3v) is 10.2. The van der Waals surface area contributed by atoms with Gasteiger partial charge in [-0.15, -0.1) is 11.3 Å². The zero-order valence-corrected chi connectivity index (χ0v) is 21.6. The van der Waals surface area contributed by atoms with Gasteiger partial charge in [0.05, 0.1) is 19.9 Å². The van der Waals surface area contributed by atoms with Crippen LogP contribution in [0.15, 0.2) is 43.5 Å². The van der Waals surface area contributed by atoms with Crippen LogP contribution in [-0.2, 0) is 16.3 Å². The van der Waals surface area contributed by atoms with Gasteiger partial charge in [-0.05, 0) is 68.5 Å². The average Bonchev–Trinajstić information content (AvgIpc) is 3.20. The maximum absolute atomic E-state index is 14.6. The predicted molar refractivity (Wildman–Crippen MR) is 125 cm³/mol. The second-order valence-corrected chi connectivity index (χ2v) is 12.3. The maximum atomic E-state index is 14.6. The van der Waals surface area contributed by atoms with Gasteiger partial charge in [0.15, 0.2) is 20.8 Å². The van der Waals surface area contributed by atoms with E-state index in [9.17, 15) is 26.0 Å². The maximum Gasteiger partial charge on any atom is 0.185 e. The first-order chi connectivity index (χ1) is 15.6. The Kier molecular flexibility index (Phi) is 7.18. The molecule has 1 aliphatic heterocycles. The molecule has 0 spiro atoms. The van der Waals surface area contributed by atoms with E-state index in [-0.39, 0.29) is 23.7 Å². The number of anilines is 1. The van der Waals surface area contributed by atoms with Crippen molar-refractivity contribution in [2.24, 2.45) is 0 Å². The van der Waals surface area contributed by atoms with Gasteiger partial charge in [0.1, 0.15) is 22.3 Å². The fourth-order valence-corrected chi connectivity index (χ4v) is 8.02. The molecular formula is C21H16Br2F4N2O2S2. The summed E-state index contributed by atoms with van der Waals surface area (Å²) in [5, 5.41) is 1.58. The molecule has 33 heavy (non-hydrogen) atoms. The summed E-state index contributed by atoms with van der Waals surface area (Å²) in [7, 11) is -4.12. The lowest BCUT2D eigenvalue weighted by Crippen LogP contribution is -2.39. The molecule has 176 valence electrons. The van der Waals surface area contributed by atoms with E-state index in [1.54, 1.807) is 5.38 Å². The molecule has 1 fully saturated rings. The number of halogens is 6. The fraction of sp³-hybridized carbons (Fsp3) is 0.286. The Morgan fingerprint density at radius 3 is 2.30 bits per heavy atom. The predicted octanol–water partition coefficient (Wildman–Crippen LogP) is 6.26. The van der Waals surface area contributed by atoms with Crippen molar-refractivity contribution in [2.45, 2.75) is 29.4 Å². The summed E-state index contributed by atoms with van der Waals surface area (Å²) in [6, 6.07) is 4.18. The van der Waals surface area contributed by atoms with E-state index in [2.05, 4.69) is 36.8 Å². The first-order valence-electron chi connectivity index (χ1n) is 9.77. The monoisotopic (exact) mass is 626 g/mol. The molecular weight excluding hydrogens is 612 g/mol. The molecule has 3 aromatic rings. The number of sulfone groups is 1. The van der Waals surface area contributed by atoms with Gasteiger partial charge < -0.3 is 4.90 Å². The summed E-state index contributed by atoms with van der Waals surface area (Å²) in [6.45, 7) is 0.725. The molecule has 2 heterocycles. The SMILES string of the molecule is O=S(=O)(c1c(F)c(Br)cc(F)c1Br)C1CCN(c2nc(Cc3cc(F)cc(F)c3)cs2)CC1. The third kappa shape index (κ3) is 5.13. The normalized spacial score (nSPS) is 15.3. The van der Waals surface area contributed by atoms with Gasteiger partial charge in [-0.1, -0.05) is 0 Å². The summed E-state index contributed by atoms with van der Waals surface area (Å²) in [5.74, 6) is -3.20. The van der Waals surface area contributed by atoms with E-state index >= 15 is 0 Å². The van der Waals surface area contributed by atoms with Crippen LogP contribution >= 0.6 is 43.2 Å². The molecule has 0 saturated carbocycles.